The highest BCUT2D eigenvalue weighted by Gasteiger charge is 2.43. The molecule has 4 rings (SSSR count). The van der Waals surface area contributed by atoms with Crippen molar-refractivity contribution in [2.24, 2.45) is 35.1 Å². The van der Waals surface area contributed by atoms with Gasteiger partial charge in [-0.3, -0.25) is 52.8 Å². The first-order valence-corrected chi connectivity index (χ1v) is 32.1. The molecule has 2 heterocycles. The molecule has 0 spiro atoms. The van der Waals surface area contributed by atoms with E-state index >= 15 is 0 Å². The fourth-order valence-corrected chi connectivity index (χ4v) is 12.0. The average Bonchev–Trinajstić information content (AvgIpc) is 1.83. The lowest BCUT2D eigenvalue weighted by Crippen LogP contribution is -2.55. The summed E-state index contributed by atoms with van der Waals surface area (Å²) in [6.45, 7) is 11.0. The number of primary amides is 2. The second kappa shape index (κ2) is 39.7. The molecule has 0 aliphatic carbocycles. The lowest BCUT2D eigenvalue weighted by Gasteiger charge is -2.39. The van der Waals surface area contributed by atoms with Crippen molar-refractivity contribution >= 4 is 70.8 Å². The van der Waals surface area contributed by atoms with Gasteiger partial charge in [0.05, 0.1) is 69.0 Å². The van der Waals surface area contributed by atoms with Gasteiger partial charge in [-0.25, -0.2) is 4.79 Å². The molecule has 93 heavy (non-hydrogen) atoms. The zero-order valence-electron chi connectivity index (χ0n) is 56.1. The monoisotopic (exact) mass is 1310 g/mol. The number of hydrogen-bond acceptors (Lipinski definition) is 16. The molecule has 12 amide bonds. The Bertz CT molecular complexity index is 2770. The summed E-state index contributed by atoms with van der Waals surface area (Å²) in [6.07, 6.45) is 1.80. The first-order chi connectivity index (χ1) is 44.2. The van der Waals surface area contributed by atoms with Crippen molar-refractivity contribution in [3.8, 4) is 0 Å². The Balaban J connectivity index is 1.33. The molecule has 0 saturated carbocycles. The van der Waals surface area contributed by atoms with Crippen molar-refractivity contribution in [3.63, 3.8) is 0 Å². The summed E-state index contributed by atoms with van der Waals surface area (Å²) < 4.78 is 22.8. The maximum absolute atomic E-state index is 14.4. The summed E-state index contributed by atoms with van der Waals surface area (Å²) in [5.41, 5.74) is 12.4. The van der Waals surface area contributed by atoms with Crippen LogP contribution in [-0.2, 0) is 79.9 Å². The molecule has 0 bridgehead atoms. The zero-order valence-corrected chi connectivity index (χ0v) is 56.1. The standard InChI is InChI=1S/C65H103N13O15/c1-12-41(4)58(76(9)55(82)37-71-64(88)57(40(2)3)75(7)8)51(90-10)34-54(81)78-28-17-21-50(78)59(91-11)43(6)61(85)74-49(33-44-18-14-13-15-19-44)62(86)70-35-45-22-24-47(25-23-45)72-63(87)48(20-16-27-68-65(67)89)73-52(79)36-69-53(80)38-92-30-31-93-39-56(83)77-29-26-46(60(66)84)32-42(77)5/h13-15,18-19,22-25,40-43,46,48-51,57-59H,12,16-17,20-21,26-39H2,1-11H3,(H2,66,84)(H,69,80)(H,70,86)(H,71,88)(H,72,87)(H,73,79)(H,74,85)(H3,67,68,89). The smallest absolute Gasteiger partial charge is 0.312 e. The Kier molecular flexibility index (Phi) is 33.1. The highest BCUT2D eigenvalue weighted by molar-refractivity contribution is 5.98. The van der Waals surface area contributed by atoms with Crippen molar-refractivity contribution in [2.45, 2.75) is 154 Å². The van der Waals surface area contributed by atoms with E-state index in [4.69, 9.17) is 30.4 Å². The van der Waals surface area contributed by atoms with Gasteiger partial charge >= 0.3 is 6.03 Å². The largest absolute Gasteiger partial charge is 0.379 e. The highest BCUT2D eigenvalue weighted by atomic mass is 16.5. The van der Waals surface area contributed by atoms with Gasteiger partial charge in [0.15, 0.2) is 0 Å². The lowest BCUT2D eigenvalue weighted by molar-refractivity contribution is -0.146. The molecule has 2 saturated heterocycles. The van der Waals surface area contributed by atoms with Gasteiger partial charge in [0.25, 0.3) is 0 Å². The van der Waals surface area contributed by atoms with Crippen molar-refractivity contribution in [1.29, 1.82) is 0 Å². The summed E-state index contributed by atoms with van der Waals surface area (Å²) in [6, 6.07) is 11.3. The SMILES string of the molecule is CCC(C)C(C(CC(=O)N1CCCC1C(OC)C(C)C(=O)NC(Cc1ccccc1)C(=O)NCc1ccc(NC(=O)C(CCCNC(N)=O)NC(=O)CNC(=O)COCCOCC(=O)N2CCC(C(N)=O)CC2C)cc1)OC)N(C)C(=O)CNC(=O)C(C(C)C)N(C)C. The van der Waals surface area contributed by atoms with Crippen LogP contribution in [0.25, 0.3) is 0 Å². The van der Waals surface area contributed by atoms with Gasteiger partial charge in [-0.05, 0) is 94.6 Å². The van der Waals surface area contributed by atoms with Crippen LogP contribution in [-0.4, -0.2) is 228 Å². The number of likely N-dealkylation sites (tertiary alicyclic amines) is 2. The summed E-state index contributed by atoms with van der Waals surface area (Å²) >= 11 is 0. The number of amides is 12. The molecular weight excluding hydrogens is 1200 g/mol. The summed E-state index contributed by atoms with van der Waals surface area (Å²) in [5.74, 6) is -5.45. The van der Waals surface area contributed by atoms with Crippen LogP contribution in [0.3, 0.4) is 0 Å². The van der Waals surface area contributed by atoms with E-state index in [1.54, 1.807) is 52.9 Å². The number of anilines is 1. The fraction of sp³-hybridized carbons (Fsp3) is 0.646. The van der Waals surface area contributed by atoms with Gasteiger partial charge in [0, 0.05) is 71.5 Å². The fourth-order valence-electron chi connectivity index (χ4n) is 12.0. The Morgan fingerprint density at radius 2 is 1.37 bits per heavy atom. The number of carbonyl (C=O) groups is 11. The maximum atomic E-state index is 14.4. The summed E-state index contributed by atoms with van der Waals surface area (Å²) in [7, 11) is 8.29. The molecule has 518 valence electrons. The number of ether oxygens (including phenoxy) is 4. The first-order valence-electron chi connectivity index (χ1n) is 32.1. The number of nitrogens with zero attached hydrogens (tertiary/aromatic N) is 4. The van der Waals surface area contributed by atoms with Crippen LogP contribution >= 0.6 is 0 Å². The minimum Gasteiger partial charge on any atom is -0.379 e. The molecule has 11 atom stereocenters. The summed E-state index contributed by atoms with van der Waals surface area (Å²) in [4.78, 5) is 151. The van der Waals surface area contributed by atoms with E-state index in [0.717, 1.165) is 5.56 Å². The van der Waals surface area contributed by atoms with Crippen molar-refractivity contribution < 1.29 is 71.7 Å². The van der Waals surface area contributed by atoms with Crippen molar-refractivity contribution in [2.75, 3.05) is 99.8 Å². The number of nitrogens with two attached hydrogens (primary N) is 2. The quantitative estimate of drug-likeness (QED) is 0.0418. The summed E-state index contributed by atoms with van der Waals surface area (Å²) in [5, 5.41) is 19.0. The number of benzene rings is 2. The minimum absolute atomic E-state index is 0.0129. The van der Waals surface area contributed by atoms with Crippen LogP contribution in [0, 0.1) is 23.7 Å². The number of hydrogen-bond donors (Lipinski definition) is 9. The van der Waals surface area contributed by atoms with Crippen LogP contribution < -0.4 is 48.7 Å². The van der Waals surface area contributed by atoms with Crippen LogP contribution in [0.2, 0.25) is 0 Å². The average molecular weight is 1310 g/mol. The van der Waals surface area contributed by atoms with E-state index in [1.807, 2.05) is 83.9 Å². The first kappa shape index (κ1) is 77.7. The molecule has 11 N–H and O–H groups in total. The third-order valence-corrected chi connectivity index (χ3v) is 17.3. The second-order valence-electron chi connectivity index (χ2n) is 24.7. The van der Waals surface area contributed by atoms with Gasteiger partial charge in [-0.2, -0.15) is 0 Å². The van der Waals surface area contributed by atoms with Crippen LogP contribution in [0.4, 0.5) is 10.5 Å². The molecule has 0 radical (unpaired) electrons. The number of likely N-dealkylation sites (N-methyl/N-ethyl adjacent to an activating group) is 2. The van der Waals surface area contributed by atoms with Crippen molar-refractivity contribution in [1.82, 2.24) is 51.5 Å². The number of nitrogens with one attached hydrogen (secondary N) is 7. The molecule has 2 aliphatic heterocycles. The van der Waals surface area contributed by atoms with Crippen LogP contribution in [0.15, 0.2) is 54.6 Å². The zero-order chi connectivity index (χ0) is 68.9. The van der Waals surface area contributed by atoms with Gasteiger partial charge in [-0.1, -0.05) is 83.5 Å². The molecular formula is C65H103N13O15. The van der Waals surface area contributed by atoms with E-state index < -0.39 is 97.1 Å². The molecule has 2 aliphatic rings. The molecule has 0 aromatic heterocycles. The van der Waals surface area contributed by atoms with Gasteiger partial charge in [0.2, 0.25) is 59.1 Å². The normalized spacial score (nSPS) is 18.1. The van der Waals surface area contributed by atoms with E-state index in [1.165, 1.54) is 14.2 Å². The Labute approximate surface area is 547 Å². The number of piperidine rings is 1. The molecule has 2 aromatic rings. The molecule has 28 nitrogen and oxygen atoms in total. The predicted molar refractivity (Wildman–Crippen MR) is 347 cm³/mol. The van der Waals surface area contributed by atoms with Gasteiger partial charge in [-0.15, -0.1) is 0 Å². The second-order valence-corrected chi connectivity index (χ2v) is 24.7. The minimum atomic E-state index is -1.11. The Morgan fingerprint density at radius 1 is 0.688 bits per heavy atom. The topological polar surface area (TPSA) is 374 Å². The Hall–Kier alpha value is -7.79. The third kappa shape index (κ3) is 25.2. The third-order valence-electron chi connectivity index (χ3n) is 17.3. The van der Waals surface area contributed by atoms with Crippen LogP contribution in [0.5, 0.6) is 0 Å². The number of urea groups is 1. The molecule has 2 aromatic carbocycles. The Morgan fingerprint density at radius 3 is 1.97 bits per heavy atom. The molecule has 2 fully saturated rings. The van der Waals surface area contributed by atoms with E-state index in [0.29, 0.717) is 56.4 Å². The van der Waals surface area contributed by atoms with Gasteiger partial charge in [0.1, 0.15) is 25.3 Å². The van der Waals surface area contributed by atoms with E-state index in [-0.39, 0.29) is 118 Å². The van der Waals surface area contributed by atoms with Crippen LogP contribution in [0.1, 0.15) is 104 Å². The number of methoxy groups -OCH3 is 2. The van der Waals surface area contributed by atoms with Gasteiger partial charge < -0.3 is 82.3 Å². The highest BCUT2D eigenvalue weighted by Crippen LogP contribution is 2.30. The maximum Gasteiger partial charge on any atom is 0.312 e. The van der Waals surface area contributed by atoms with E-state index in [9.17, 15) is 52.7 Å². The lowest BCUT2D eigenvalue weighted by atomic mass is 9.90. The predicted octanol–water partition coefficient (Wildman–Crippen LogP) is 0.787. The molecule has 11 unspecified atom stereocenters. The van der Waals surface area contributed by atoms with Crippen molar-refractivity contribution in [3.05, 3.63) is 65.7 Å². The van der Waals surface area contributed by atoms with E-state index in [2.05, 4.69) is 37.2 Å². The molecule has 28 heteroatoms. The number of rotatable bonds is 39. The number of carbonyl (C=O) groups excluding carboxylic acids is 11.